The van der Waals surface area contributed by atoms with Gasteiger partial charge in [-0.3, -0.25) is 9.59 Å². The summed E-state index contributed by atoms with van der Waals surface area (Å²) >= 11 is 0. The molecule has 0 aliphatic heterocycles. The van der Waals surface area contributed by atoms with Gasteiger partial charge in [-0.2, -0.15) is 5.10 Å². The van der Waals surface area contributed by atoms with Crippen molar-refractivity contribution >= 4 is 23.7 Å². The van der Waals surface area contributed by atoms with Gasteiger partial charge in [-0.1, -0.05) is 13.3 Å². The van der Waals surface area contributed by atoms with Crippen molar-refractivity contribution in [1.29, 1.82) is 0 Å². The number of hydrazone groups is 1. The zero-order valence-electron chi connectivity index (χ0n) is 17.4. The first-order valence-corrected chi connectivity index (χ1v) is 9.62. The highest BCUT2D eigenvalue weighted by Crippen LogP contribution is 2.27. The predicted octanol–water partition coefficient (Wildman–Crippen LogP) is 3.36. The average molecular weight is 413 g/mol. The Kier molecular flexibility index (Phi) is 9.18. The Bertz CT molecular complexity index is 866. The molecule has 0 radical (unpaired) electrons. The molecule has 0 unspecified atom stereocenters. The Morgan fingerprint density at radius 1 is 1.00 bits per heavy atom. The summed E-state index contributed by atoms with van der Waals surface area (Å²) in [5, 5.41) is 6.52. The molecule has 0 spiro atoms. The number of amides is 2. The number of rotatable bonds is 11. The number of carbonyl (C=O) groups excluding carboxylic acids is 2. The van der Waals surface area contributed by atoms with Gasteiger partial charge in [-0.05, 0) is 54.4 Å². The van der Waals surface area contributed by atoms with Crippen LogP contribution in [0.1, 0.15) is 31.7 Å². The van der Waals surface area contributed by atoms with E-state index in [1.165, 1.54) is 6.21 Å². The van der Waals surface area contributed by atoms with Crippen molar-refractivity contribution in [3.63, 3.8) is 0 Å². The summed E-state index contributed by atoms with van der Waals surface area (Å²) in [7, 11) is 3.12. The third-order valence-corrected chi connectivity index (χ3v) is 4.04. The quantitative estimate of drug-likeness (QED) is 0.255. The lowest BCUT2D eigenvalue weighted by Crippen LogP contribution is -2.24. The second-order valence-corrected chi connectivity index (χ2v) is 6.36. The monoisotopic (exact) mass is 413 g/mol. The Morgan fingerprint density at radius 3 is 2.43 bits per heavy atom. The van der Waals surface area contributed by atoms with Crippen LogP contribution in [0, 0.1) is 0 Å². The van der Waals surface area contributed by atoms with Crippen LogP contribution < -0.4 is 25.0 Å². The molecule has 160 valence electrons. The first-order chi connectivity index (χ1) is 14.5. The summed E-state index contributed by atoms with van der Waals surface area (Å²) < 4.78 is 16.1. The van der Waals surface area contributed by atoms with Gasteiger partial charge >= 0.3 is 0 Å². The molecule has 0 saturated carbocycles. The molecule has 30 heavy (non-hydrogen) atoms. The maximum Gasteiger partial charge on any atom is 0.249 e. The van der Waals surface area contributed by atoms with Crippen LogP contribution in [0.2, 0.25) is 0 Å². The highest BCUT2D eigenvalue weighted by molar-refractivity contribution is 6.03. The van der Waals surface area contributed by atoms with E-state index in [1.54, 1.807) is 56.7 Å². The van der Waals surface area contributed by atoms with E-state index in [0.717, 1.165) is 18.4 Å². The molecule has 8 heteroatoms. The molecule has 2 amide bonds. The smallest absolute Gasteiger partial charge is 0.249 e. The van der Waals surface area contributed by atoms with Crippen LogP contribution in [0.5, 0.6) is 17.2 Å². The fraction of sp³-hybridized carbons (Fsp3) is 0.318. The van der Waals surface area contributed by atoms with Crippen LogP contribution in [0.4, 0.5) is 5.69 Å². The van der Waals surface area contributed by atoms with Gasteiger partial charge in [0.15, 0.2) is 11.5 Å². The van der Waals surface area contributed by atoms with Crippen molar-refractivity contribution in [2.45, 2.75) is 26.2 Å². The lowest BCUT2D eigenvalue weighted by Gasteiger charge is -2.10. The van der Waals surface area contributed by atoms with E-state index in [4.69, 9.17) is 14.2 Å². The second kappa shape index (κ2) is 12.1. The fourth-order valence-electron chi connectivity index (χ4n) is 2.45. The normalized spacial score (nSPS) is 10.5. The molecular weight excluding hydrogens is 386 g/mol. The first-order valence-electron chi connectivity index (χ1n) is 9.62. The number of methoxy groups -OCH3 is 2. The molecular formula is C22H27N3O5. The van der Waals surface area contributed by atoms with Gasteiger partial charge in [-0.15, -0.1) is 0 Å². The maximum absolute atomic E-state index is 12.0. The number of carbonyl (C=O) groups is 2. The van der Waals surface area contributed by atoms with E-state index in [1.807, 2.05) is 0 Å². The molecule has 0 aliphatic carbocycles. The molecule has 0 aliphatic rings. The molecule has 0 atom stereocenters. The minimum Gasteiger partial charge on any atom is -0.497 e. The van der Waals surface area contributed by atoms with E-state index in [-0.39, 0.29) is 6.42 Å². The van der Waals surface area contributed by atoms with Gasteiger partial charge in [0.25, 0.3) is 0 Å². The van der Waals surface area contributed by atoms with Gasteiger partial charge in [0.2, 0.25) is 11.8 Å². The van der Waals surface area contributed by atoms with Crippen molar-refractivity contribution in [2.24, 2.45) is 5.10 Å². The number of hydrogen-bond acceptors (Lipinski definition) is 6. The zero-order chi connectivity index (χ0) is 21.8. The Labute approximate surface area is 176 Å². The molecule has 8 nitrogen and oxygen atoms in total. The summed E-state index contributed by atoms with van der Waals surface area (Å²) in [6.45, 7) is 2.71. The highest BCUT2D eigenvalue weighted by Gasteiger charge is 2.09. The lowest BCUT2D eigenvalue weighted by atomic mass is 10.2. The van der Waals surface area contributed by atoms with Gasteiger partial charge in [-0.25, -0.2) is 5.43 Å². The third kappa shape index (κ3) is 7.46. The van der Waals surface area contributed by atoms with Crippen molar-refractivity contribution in [1.82, 2.24) is 5.43 Å². The molecule has 2 aromatic carbocycles. The minimum atomic E-state index is -0.524. The van der Waals surface area contributed by atoms with E-state index < -0.39 is 11.8 Å². The van der Waals surface area contributed by atoms with Crippen molar-refractivity contribution in [3.8, 4) is 17.2 Å². The number of ether oxygens (including phenoxy) is 3. The number of hydrogen-bond donors (Lipinski definition) is 2. The van der Waals surface area contributed by atoms with E-state index in [0.29, 0.717) is 29.5 Å². The molecule has 0 bridgehead atoms. The summed E-state index contributed by atoms with van der Waals surface area (Å²) in [6.07, 6.45) is 3.13. The van der Waals surface area contributed by atoms with Crippen molar-refractivity contribution < 1.29 is 23.8 Å². The average Bonchev–Trinajstić information content (AvgIpc) is 2.75. The van der Waals surface area contributed by atoms with Crippen LogP contribution >= 0.6 is 0 Å². The lowest BCUT2D eigenvalue weighted by molar-refractivity contribution is -0.126. The SMILES string of the molecule is CCCCOc1ccc(C=NNC(=O)CC(=O)Nc2ccc(OC)cc2)cc1OC. The van der Waals surface area contributed by atoms with Crippen LogP contribution in [0.3, 0.4) is 0 Å². The predicted molar refractivity (Wildman–Crippen MR) is 115 cm³/mol. The maximum atomic E-state index is 12.0. The zero-order valence-corrected chi connectivity index (χ0v) is 17.4. The van der Waals surface area contributed by atoms with Gasteiger partial charge < -0.3 is 19.5 Å². The van der Waals surface area contributed by atoms with E-state index in [2.05, 4.69) is 22.8 Å². The Morgan fingerprint density at radius 2 is 1.77 bits per heavy atom. The van der Waals surface area contributed by atoms with Crippen molar-refractivity contribution in [2.75, 3.05) is 26.1 Å². The fourth-order valence-corrected chi connectivity index (χ4v) is 2.45. The molecule has 0 saturated heterocycles. The van der Waals surface area contributed by atoms with Crippen LogP contribution in [-0.4, -0.2) is 38.9 Å². The summed E-state index contributed by atoms with van der Waals surface area (Å²) in [6, 6.07) is 12.2. The Balaban J connectivity index is 1.83. The Hall–Kier alpha value is -3.55. The van der Waals surface area contributed by atoms with Crippen LogP contribution in [0.15, 0.2) is 47.6 Å². The molecule has 2 rings (SSSR count). The number of anilines is 1. The topological polar surface area (TPSA) is 98.2 Å². The van der Waals surface area contributed by atoms with E-state index in [9.17, 15) is 9.59 Å². The molecule has 2 aromatic rings. The standard InChI is InChI=1S/C22H27N3O5/c1-4-5-12-30-19-11-6-16(13-20(19)29-3)15-23-25-22(27)14-21(26)24-17-7-9-18(28-2)10-8-17/h6-11,13,15H,4-5,12,14H2,1-3H3,(H,24,26)(H,25,27). The highest BCUT2D eigenvalue weighted by atomic mass is 16.5. The first kappa shape index (κ1) is 22.7. The number of nitrogens with zero attached hydrogens (tertiary/aromatic N) is 1. The van der Waals surface area contributed by atoms with Gasteiger partial charge in [0, 0.05) is 5.69 Å². The summed E-state index contributed by atoms with van der Waals surface area (Å²) in [5.41, 5.74) is 3.63. The molecule has 2 N–H and O–H groups in total. The number of benzene rings is 2. The minimum absolute atomic E-state index is 0.350. The van der Waals surface area contributed by atoms with Crippen molar-refractivity contribution in [3.05, 3.63) is 48.0 Å². The van der Waals surface area contributed by atoms with E-state index >= 15 is 0 Å². The molecule has 0 heterocycles. The number of nitrogens with one attached hydrogen (secondary N) is 2. The largest absolute Gasteiger partial charge is 0.497 e. The van der Waals surface area contributed by atoms with Gasteiger partial charge in [0.1, 0.15) is 12.2 Å². The van der Waals surface area contributed by atoms with Crippen LogP contribution in [0.25, 0.3) is 0 Å². The van der Waals surface area contributed by atoms with Crippen LogP contribution in [-0.2, 0) is 9.59 Å². The second-order valence-electron chi connectivity index (χ2n) is 6.36. The van der Waals surface area contributed by atoms with Gasteiger partial charge in [0.05, 0.1) is 27.0 Å². The molecule has 0 fully saturated rings. The number of unbranched alkanes of at least 4 members (excludes halogenated alkanes) is 1. The molecule has 0 aromatic heterocycles. The summed E-state index contributed by atoms with van der Waals surface area (Å²) in [4.78, 5) is 23.9. The third-order valence-electron chi connectivity index (χ3n) is 4.04. The summed E-state index contributed by atoms with van der Waals surface area (Å²) in [5.74, 6) is 0.951.